The number of hydrogen-bond acceptors (Lipinski definition) is 3. The van der Waals surface area contributed by atoms with Crippen LogP contribution in [-0.2, 0) is 0 Å². The Morgan fingerprint density at radius 3 is 3.00 bits per heavy atom. The molecule has 0 aromatic carbocycles. The van der Waals surface area contributed by atoms with Crippen molar-refractivity contribution in [2.45, 2.75) is 46.0 Å². The monoisotopic (exact) mass is 289 g/mol. The van der Waals surface area contributed by atoms with E-state index in [0.717, 1.165) is 44.1 Å². The Kier molecular flexibility index (Phi) is 6.03. The number of pyridine rings is 1. The molecule has 2 heterocycles. The van der Waals surface area contributed by atoms with Crippen LogP contribution in [0.15, 0.2) is 18.3 Å². The molecule has 1 aromatic heterocycles. The summed E-state index contributed by atoms with van der Waals surface area (Å²) >= 11 is 0. The van der Waals surface area contributed by atoms with Crippen LogP contribution in [-0.4, -0.2) is 35.4 Å². The minimum Gasteiger partial charge on any atom is -0.385 e. The number of carbonyl (C=O) groups is 1. The van der Waals surface area contributed by atoms with Crippen LogP contribution in [0.1, 0.15) is 56.4 Å². The van der Waals surface area contributed by atoms with Crippen molar-refractivity contribution in [3.63, 3.8) is 0 Å². The molecular weight excluding hydrogens is 262 g/mol. The fourth-order valence-electron chi connectivity index (χ4n) is 3.09. The van der Waals surface area contributed by atoms with E-state index in [-0.39, 0.29) is 5.91 Å². The Hall–Kier alpha value is -1.58. The lowest BCUT2D eigenvalue weighted by atomic mass is 9.96. The Morgan fingerprint density at radius 1 is 1.38 bits per heavy atom. The summed E-state index contributed by atoms with van der Waals surface area (Å²) in [6.45, 7) is 6.87. The number of nitrogens with one attached hydrogen (secondary N) is 1. The van der Waals surface area contributed by atoms with Crippen molar-refractivity contribution in [2.24, 2.45) is 5.92 Å². The first-order chi connectivity index (χ1) is 10.2. The summed E-state index contributed by atoms with van der Waals surface area (Å²) in [6.07, 6.45) is 7.74. The molecule has 1 amide bonds. The summed E-state index contributed by atoms with van der Waals surface area (Å²) in [6, 6.07) is 3.76. The fraction of sp³-hybridized carbons (Fsp3) is 0.647. The van der Waals surface area contributed by atoms with Crippen LogP contribution in [0.4, 0.5) is 5.69 Å². The molecule has 0 bridgehead atoms. The smallest absolute Gasteiger partial charge is 0.272 e. The summed E-state index contributed by atoms with van der Waals surface area (Å²) in [7, 11) is 0. The van der Waals surface area contributed by atoms with Crippen molar-refractivity contribution < 1.29 is 4.79 Å². The van der Waals surface area contributed by atoms with E-state index in [1.807, 2.05) is 24.0 Å². The molecule has 4 heteroatoms. The normalized spacial score (nSPS) is 19.1. The van der Waals surface area contributed by atoms with Gasteiger partial charge in [0.25, 0.3) is 5.91 Å². The molecule has 1 N–H and O–H groups in total. The lowest BCUT2D eigenvalue weighted by Crippen LogP contribution is -2.32. The molecule has 1 atom stereocenters. The van der Waals surface area contributed by atoms with Gasteiger partial charge >= 0.3 is 0 Å². The fourth-order valence-corrected chi connectivity index (χ4v) is 3.09. The second-order valence-corrected chi connectivity index (χ2v) is 5.84. The maximum Gasteiger partial charge on any atom is 0.272 e. The summed E-state index contributed by atoms with van der Waals surface area (Å²) in [5, 5.41) is 3.23. The third-order valence-corrected chi connectivity index (χ3v) is 4.19. The first kappa shape index (κ1) is 15.8. The second kappa shape index (κ2) is 8.01. The average Bonchev–Trinajstić information content (AvgIpc) is 2.73. The highest BCUT2D eigenvalue weighted by molar-refractivity contribution is 5.93. The zero-order chi connectivity index (χ0) is 15.1. The molecule has 116 valence electrons. The van der Waals surface area contributed by atoms with Gasteiger partial charge < -0.3 is 10.2 Å². The van der Waals surface area contributed by atoms with E-state index in [9.17, 15) is 4.79 Å². The van der Waals surface area contributed by atoms with Gasteiger partial charge in [0.15, 0.2) is 0 Å². The van der Waals surface area contributed by atoms with Gasteiger partial charge in [-0.15, -0.1) is 0 Å². The van der Waals surface area contributed by atoms with Gasteiger partial charge in [-0.3, -0.25) is 9.78 Å². The van der Waals surface area contributed by atoms with E-state index in [0.29, 0.717) is 5.69 Å². The van der Waals surface area contributed by atoms with Crippen LogP contribution in [0.5, 0.6) is 0 Å². The summed E-state index contributed by atoms with van der Waals surface area (Å²) in [5.74, 6) is 0.862. The third-order valence-electron chi connectivity index (χ3n) is 4.19. The number of anilines is 1. The Morgan fingerprint density at radius 2 is 2.24 bits per heavy atom. The van der Waals surface area contributed by atoms with Gasteiger partial charge in [0.1, 0.15) is 5.69 Å². The summed E-state index contributed by atoms with van der Waals surface area (Å²) < 4.78 is 0. The van der Waals surface area contributed by atoms with E-state index in [4.69, 9.17) is 0 Å². The van der Waals surface area contributed by atoms with E-state index in [2.05, 4.69) is 17.2 Å². The standard InChI is InChI=1S/C17H27N3O/c1-3-6-14-7-5-11-20(12-9-14)17(21)16-13-15(18-4-2)8-10-19-16/h8,10,13-14H,3-7,9,11-12H2,1-2H3,(H,18,19). The van der Waals surface area contributed by atoms with Crippen molar-refractivity contribution in [3.8, 4) is 0 Å². The predicted molar refractivity (Wildman–Crippen MR) is 86.6 cm³/mol. The molecule has 1 fully saturated rings. The number of rotatable bonds is 5. The number of hydrogen-bond donors (Lipinski definition) is 1. The van der Waals surface area contributed by atoms with Gasteiger partial charge in [-0.1, -0.05) is 19.8 Å². The largest absolute Gasteiger partial charge is 0.385 e. The lowest BCUT2D eigenvalue weighted by Gasteiger charge is -2.20. The van der Waals surface area contributed by atoms with E-state index >= 15 is 0 Å². The van der Waals surface area contributed by atoms with Crippen LogP contribution in [0.3, 0.4) is 0 Å². The molecule has 1 aliphatic heterocycles. The highest BCUT2D eigenvalue weighted by Gasteiger charge is 2.22. The highest BCUT2D eigenvalue weighted by Crippen LogP contribution is 2.23. The minimum absolute atomic E-state index is 0.0758. The maximum absolute atomic E-state index is 12.6. The zero-order valence-corrected chi connectivity index (χ0v) is 13.3. The SMILES string of the molecule is CCCC1CCCN(C(=O)c2cc(NCC)ccn2)CC1. The third kappa shape index (κ3) is 4.45. The molecule has 0 spiro atoms. The molecule has 1 unspecified atom stereocenters. The van der Waals surface area contributed by atoms with E-state index < -0.39 is 0 Å². The lowest BCUT2D eigenvalue weighted by molar-refractivity contribution is 0.0754. The molecule has 4 nitrogen and oxygen atoms in total. The summed E-state index contributed by atoms with van der Waals surface area (Å²) in [4.78, 5) is 18.8. The molecule has 2 rings (SSSR count). The van der Waals surface area contributed by atoms with Crippen LogP contribution in [0.2, 0.25) is 0 Å². The first-order valence-electron chi connectivity index (χ1n) is 8.23. The number of aromatic nitrogens is 1. The quantitative estimate of drug-likeness (QED) is 0.901. The van der Waals surface area contributed by atoms with Gasteiger partial charge in [-0.2, -0.15) is 0 Å². The van der Waals surface area contributed by atoms with Gasteiger partial charge in [0.05, 0.1) is 0 Å². The highest BCUT2D eigenvalue weighted by atomic mass is 16.2. The molecular formula is C17H27N3O. The predicted octanol–water partition coefficient (Wildman–Crippen LogP) is 3.56. The molecule has 1 aliphatic rings. The van der Waals surface area contributed by atoms with Crippen molar-refractivity contribution >= 4 is 11.6 Å². The number of nitrogens with zero attached hydrogens (tertiary/aromatic N) is 2. The molecule has 0 radical (unpaired) electrons. The average molecular weight is 289 g/mol. The number of likely N-dealkylation sites (tertiary alicyclic amines) is 1. The second-order valence-electron chi connectivity index (χ2n) is 5.84. The number of amides is 1. The van der Waals surface area contributed by atoms with Gasteiger partial charge in [0.2, 0.25) is 0 Å². The molecule has 1 saturated heterocycles. The van der Waals surface area contributed by atoms with Crippen LogP contribution >= 0.6 is 0 Å². The van der Waals surface area contributed by atoms with Crippen LogP contribution < -0.4 is 5.32 Å². The molecule has 21 heavy (non-hydrogen) atoms. The van der Waals surface area contributed by atoms with E-state index in [1.165, 1.54) is 19.3 Å². The Bertz CT molecular complexity index is 461. The summed E-state index contributed by atoms with van der Waals surface area (Å²) in [5.41, 5.74) is 1.52. The maximum atomic E-state index is 12.6. The topological polar surface area (TPSA) is 45.2 Å². The Balaban J connectivity index is 2.00. The minimum atomic E-state index is 0.0758. The van der Waals surface area contributed by atoms with Crippen LogP contribution in [0.25, 0.3) is 0 Å². The van der Waals surface area contributed by atoms with Crippen LogP contribution in [0, 0.1) is 5.92 Å². The van der Waals surface area contributed by atoms with Crippen molar-refractivity contribution in [1.29, 1.82) is 0 Å². The van der Waals surface area contributed by atoms with Gasteiger partial charge in [0, 0.05) is 31.5 Å². The number of carbonyl (C=O) groups excluding carboxylic acids is 1. The van der Waals surface area contributed by atoms with Gasteiger partial charge in [-0.25, -0.2) is 0 Å². The van der Waals surface area contributed by atoms with Crippen molar-refractivity contribution in [1.82, 2.24) is 9.88 Å². The first-order valence-corrected chi connectivity index (χ1v) is 8.23. The van der Waals surface area contributed by atoms with Crippen molar-refractivity contribution in [3.05, 3.63) is 24.0 Å². The Labute approximate surface area is 127 Å². The molecule has 0 saturated carbocycles. The molecule has 0 aliphatic carbocycles. The van der Waals surface area contributed by atoms with E-state index in [1.54, 1.807) is 6.20 Å². The van der Waals surface area contributed by atoms with Gasteiger partial charge in [-0.05, 0) is 44.2 Å². The van der Waals surface area contributed by atoms with Crippen molar-refractivity contribution in [2.75, 3.05) is 25.0 Å². The molecule has 1 aromatic rings. The zero-order valence-electron chi connectivity index (χ0n) is 13.3.